The van der Waals surface area contributed by atoms with Crippen molar-refractivity contribution in [2.45, 2.75) is 19.5 Å². The molecular formula is C16H19N3O2. The lowest BCUT2D eigenvalue weighted by Crippen LogP contribution is -2.38. The number of carbonyl (C=O) groups is 1. The summed E-state index contributed by atoms with van der Waals surface area (Å²) in [6.07, 6.45) is 3.42. The van der Waals surface area contributed by atoms with Crippen molar-refractivity contribution in [2.75, 3.05) is 7.05 Å². The van der Waals surface area contributed by atoms with Gasteiger partial charge in [0.2, 0.25) is 0 Å². The van der Waals surface area contributed by atoms with Crippen LogP contribution in [0.1, 0.15) is 24.1 Å². The topological polar surface area (TPSA) is 65.5 Å². The lowest BCUT2D eigenvalue weighted by molar-refractivity contribution is 0.194. The molecule has 1 unspecified atom stereocenters. The highest BCUT2D eigenvalue weighted by molar-refractivity contribution is 5.74. The number of phenols is 1. The van der Waals surface area contributed by atoms with Crippen molar-refractivity contribution in [1.82, 2.24) is 15.2 Å². The van der Waals surface area contributed by atoms with E-state index in [1.54, 1.807) is 42.5 Å². The largest absolute Gasteiger partial charge is 0.508 e. The Labute approximate surface area is 124 Å². The molecule has 2 rings (SSSR count). The van der Waals surface area contributed by atoms with Crippen LogP contribution in [-0.2, 0) is 6.54 Å². The van der Waals surface area contributed by atoms with E-state index < -0.39 is 0 Å². The molecule has 2 N–H and O–H groups in total. The van der Waals surface area contributed by atoms with Gasteiger partial charge >= 0.3 is 6.03 Å². The van der Waals surface area contributed by atoms with Crippen LogP contribution in [0.15, 0.2) is 48.8 Å². The van der Waals surface area contributed by atoms with Crippen LogP contribution >= 0.6 is 0 Å². The number of hydrogen-bond donors (Lipinski definition) is 2. The molecule has 0 aliphatic heterocycles. The number of hydrogen-bond acceptors (Lipinski definition) is 3. The highest BCUT2D eigenvalue weighted by Gasteiger charge is 2.17. The van der Waals surface area contributed by atoms with E-state index in [-0.39, 0.29) is 17.8 Å². The van der Waals surface area contributed by atoms with Crippen molar-refractivity contribution in [1.29, 1.82) is 0 Å². The fraction of sp³-hybridized carbons (Fsp3) is 0.250. The monoisotopic (exact) mass is 285 g/mol. The third-order valence-corrected chi connectivity index (χ3v) is 3.42. The molecule has 0 saturated heterocycles. The third-order valence-electron chi connectivity index (χ3n) is 3.42. The summed E-state index contributed by atoms with van der Waals surface area (Å²) >= 11 is 0. The van der Waals surface area contributed by atoms with Crippen molar-refractivity contribution >= 4 is 6.03 Å². The molecule has 0 aliphatic carbocycles. The Morgan fingerprint density at radius 1 is 1.38 bits per heavy atom. The number of carbonyl (C=O) groups excluding carboxylic acids is 1. The Hall–Kier alpha value is -2.56. The van der Waals surface area contributed by atoms with Gasteiger partial charge in [-0.25, -0.2) is 4.79 Å². The van der Waals surface area contributed by atoms with E-state index >= 15 is 0 Å². The van der Waals surface area contributed by atoms with E-state index in [4.69, 9.17) is 0 Å². The molecule has 0 spiro atoms. The minimum Gasteiger partial charge on any atom is -0.508 e. The van der Waals surface area contributed by atoms with Crippen molar-refractivity contribution in [3.05, 3.63) is 59.9 Å². The van der Waals surface area contributed by atoms with Crippen molar-refractivity contribution in [3.63, 3.8) is 0 Å². The summed E-state index contributed by atoms with van der Waals surface area (Å²) in [4.78, 5) is 17.8. The first-order chi connectivity index (χ1) is 10.1. The summed E-state index contributed by atoms with van der Waals surface area (Å²) in [7, 11) is 1.73. The Morgan fingerprint density at radius 3 is 2.86 bits per heavy atom. The molecule has 0 bridgehead atoms. The van der Waals surface area contributed by atoms with Gasteiger partial charge in [0.1, 0.15) is 5.75 Å². The molecule has 1 atom stereocenters. The maximum Gasteiger partial charge on any atom is 0.317 e. The van der Waals surface area contributed by atoms with Crippen LogP contribution in [0.5, 0.6) is 5.75 Å². The standard InChI is InChI=1S/C16H19N3O2/c1-12(14-6-3-7-15(20)9-14)19(2)16(21)18-11-13-5-4-8-17-10-13/h3-10,12,20H,11H2,1-2H3,(H,18,21). The maximum atomic E-state index is 12.1. The number of aromatic nitrogens is 1. The molecule has 1 aromatic heterocycles. The smallest absolute Gasteiger partial charge is 0.317 e. The molecule has 0 aliphatic rings. The number of nitrogens with one attached hydrogen (secondary N) is 1. The molecule has 0 radical (unpaired) electrons. The van der Waals surface area contributed by atoms with Crippen LogP contribution < -0.4 is 5.32 Å². The second kappa shape index (κ2) is 6.74. The number of rotatable bonds is 4. The van der Waals surface area contributed by atoms with E-state index in [9.17, 15) is 9.90 Å². The SMILES string of the molecule is CC(c1cccc(O)c1)N(C)C(=O)NCc1cccnc1. The molecule has 2 aromatic rings. The van der Waals surface area contributed by atoms with Crippen LogP contribution in [0.2, 0.25) is 0 Å². The predicted octanol–water partition coefficient (Wildman–Crippen LogP) is 2.69. The van der Waals surface area contributed by atoms with Gasteiger partial charge in [-0.15, -0.1) is 0 Å². The first kappa shape index (κ1) is 14.8. The van der Waals surface area contributed by atoms with Gasteiger partial charge in [-0.2, -0.15) is 0 Å². The van der Waals surface area contributed by atoms with Crippen LogP contribution in [0.3, 0.4) is 0 Å². The minimum absolute atomic E-state index is 0.133. The van der Waals surface area contributed by atoms with Crippen LogP contribution in [0.25, 0.3) is 0 Å². The summed E-state index contributed by atoms with van der Waals surface area (Å²) in [5.74, 6) is 0.198. The normalized spacial score (nSPS) is 11.7. The van der Waals surface area contributed by atoms with E-state index in [1.807, 2.05) is 25.1 Å². The Bertz CT molecular complexity index is 601. The zero-order valence-corrected chi connectivity index (χ0v) is 12.2. The van der Waals surface area contributed by atoms with E-state index in [2.05, 4.69) is 10.3 Å². The second-order valence-corrected chi connectivity index (χ2v) is 4.90. The third kappa shape index (κ3) is 3.95. The molecule has 1 aromatic carbocycles. The predicted molar refractivity (Wildman–Crippen MR) is 80.8 cm³/mol. The van der Waals surface area contributed by atoms with Gasteiger partial charge in [0, 0.05) is 26.0 Å². The first-order valence-electron chi connectivity index (χ1n) is 6.76. The van der Waals surface area contributed by atoms with E-state index in [0.717, 1.165) is 11.1 Å². The van der Waals surface area contributed by atoms with Gasteiger partial charge in [0.15, 0.2) is 0 Å². The number of phenolic OH excluding ortho intramolecular Hbond substituents is 1. The summed E-state index contributed by atoms with van der Waals surface area (Å²) < 4.78 is 0. The van der Waals surface area contributed by atoms with Crippen molar-refractivity contribution in [3.8, 4) is 5.75 Å². The number of aromatic hydroxyl groups is 1. The number of urea groups is 1. The summed E-state index contributed by atoms with van der Waals surface area (Å²) in [5.41, 5.74) is 1.83. The number of nitrogens with zero attached hydrogens (tertiary/aromatic N) is 2. The highest BCUT2D eigenvalue weighted by atomic mass is 16.3. The quantitative estimate of drug-likeness (QED) is 0.907. The van der Waals surface area contributed by atoms with E-state index in [0.29, 0.717) is 6.54 Å². The van der Waals surface area contributed by atoms with Crippen molar-refractivity contribution < 1.29 is 9.90 Å². The Morgan fingerprint density at radius 2 is 2.19 bits per heavy atom. The average molecular weight is 285 g/mol. The fourth-order valence-corrected chi connectivity index (χ4v) is 1.99. The molecule has 0 saturated carbocycles. The molecule has 110 valence electrons. The molecule has 2 amide bonds. The zero-order chi connectivity index (χ0) is 15.2. The van der Waals surface area contributed by atoms with Crippen LogP contribution in [0.4, 0.5) is 4.79 Å². The van der Waals surface area contributed by atoms with Gasteiger partial charge in [-0.3, -0.25) is 4.98 Å². The van der Waals surface area contributed by atoms with Crippen LogP contribution in [0, 0.1) is 0 Å². The molecule has 1 heterocycles. The molecular weight excluding hydrogens is 266 g/mol. The molecule has 21 heavy (non-hydrogen) atoms. The highest BCUT2D eigenvalue weighted by Crippen LogP contribution is 2.22. The molecule has 5 heteroatoms. The molecule has 0 fully saturated rings. The number of benzene rings is 1. The molecule has 5 nitrogen and oxygen atoms in total. The lowest BCUT2D eigenvalue weighted by atomic mass is 10.1. The summed E-state index contributed by atoms with van der Waals surface area (Å²) in [6, 6.07) is 10.4. The van der Waals surface area contributed by atoms with Gasteiger partial charge < -0.3 is 15.3 Å². The van der Waals surface area contributed by atoms with Gasteiger partial charge in [0.25, 0.3) is 0 Å². The Kier molecular flexibility index (Phi) is 4.77. The minimum atomic E-state index is -0.172. The Balaban J connectivity index is 1.95. The van der Waals surface area contributed by atoms with Gasteiger partial charge in [-0.05, 0) is 36.2 Å². The van der Waals surface area contributed by atoms with E-state index in [1.165, 1.54) is 0 Å². The summed E-state index contributed by atoms with van der Waals surface area (Å²) in [5, 5.41) is 12.4. The average Bonchev–Trinajstić information content (AvgIpc) is 2.52. The van der Waals surface area contributed by atoms with Gasteiger partial charge in [0.05, 0.1) is 6.04 Å². The van der Waals surface area contributed by atoms with Crippen molar-refractivity contribution in [2.24, 2.45) is 0 Å². The fourth-order valence-electron chi connectivity index (χ4n) is 1.99. The number of pyridine rings is 1. The first-order valence-corrected chi connectivity index (χ1v) is 6.76. The second-order valence-electron chi connectivity index (χ2n) is 4.90. The van der Waals surface area contributed by atoms with Crippen LogP contribution in [-0.4, -0.2) is 28.1 Å². The lowest BCUT2D eigenvalue weighted by Gasteiger charge is -2.25. The number of amides is 2. The maximum absolute atomic E-state index is 12.1. The summed E-state index contributed by atoms with van der Waals surface area (Å²) in [6.45, 7) is 2.35. The van der Waals surface area contributed by atoms with Gasteiger partial charge in [-0.1, -0.05) is 18.2 Å². The zero-order valence-electron chi connectivity index (χ0n) is 12.2.